The van der Waals surface area contributed by atoms with E-state index in [1.165, 1.54) is 12.8 Å². The Bertz CT molecular complexity index is 321. The van der Waals surface area contributed by atoms with E-state index in [1.807, 2.05) is 24.3 Å². The van der Waals surface area contributed by atoms with Crippen LogP contribution < -0.4 is 5.32 Å². The highest BCUT2D eigenvalue weighted by atomic mass is 14.9. The summed E-state index contributed by atoms with van der Waals surface area (Å²) in [5.41, 5.74) is 1.80. The van der Waals surface area contributed by atoms with Gasteiger partial charge in [-0.3, -0.25) is 0 Å². The molecule has 0 radical (unpaired) electrons. The molecule has 2 nitrogen and oxygen atoms in total. The van der Waals surface area contributed by atoms with Gasteiger partial charge in [-0.15, -0.1) is 0 Å². The van der Waals surface area contributed by atoms with Gasteiger partial charge in [-0.2, -0.15) is 5.26 Å². The number of nitrogens with zero attached hydrogens (tertiary/aromatic N) is 1. The monoisotopic (exact) mass is 202 g/mol. The van der Waals surface area contributed by atoms with Crippen molar-refractivity contribution in [3.05, 3.63) is 29.8 Å². The summed E-state index contributed by atoms with van der Waals surface area (Å²) in [4.78, 5) is 0. The van der Waals surface area contributed by atoms with E-state index in [0.717, 1.165) is 12.2 Å². The molecule has 0 fully saturated rings. The standard InChI is InChI=1S/C13H18N2/c1-3-4-11(2)10-15-13-7-5-12(9-14)6-8-13/h5-8,11,15H,3-4,10H2,1-2H3. The van der Waals surface area contributed by atoms with Crippen molar-refractivity contribution in [3.63, 3.8) is 0 Å². The molecule has 0 bridgehead atoms. The number of hydrogen-bond donors (Lipinski definition) is 1. The molecule has 0 saturated carbocycles. The Morgan fingerprint density at radius 3 is 2.53 bits per heavy atom. The predicted molar refractivity (Wildman–Crippen MR) is 63.7 cm³/mol. The quantitative estimate of drug-likeness (QED) is 0.794. The summed E-state index contributed by atoms with van der Waals surface area (Å²) in [5, 5.41) is 12.0. The summed E-state index contributed by atoms with van der Waals surface area (Å²) in [5.74, 6) is 0.700. The van der Waals surface area contributed by atoms with Gasteiger partial charge in [-0.05, 0) is 36.6 Å². The van der Waals surface area contributed by atoms with Gasteiger partial charge in [0.25, 0.3) is 0 Å². The fraction of sp³-hybridized carbons (Fsp3) is 0.462. The predicted octanol–water partition coefficient (Wildman–Crippen LogP) is 3.41. The van der Waals surface area contributed by atoms with Gasteiger partial charge in [0.1, 0.15) is 0 Å². The summed E-state index contributed by atoms with van der Waals surface area (Å²) in [7, 11) is 0. The van der Waals surface area contributed by atoms with Crippen LogP contribution in [-0.2, 0) is 0 Å². The summed E-state index contributed by atoms with van der Waals surface area (Å²) < 4.78 is 0. The lowest BCUT2D eigenvalue weighted by atomic mass is 10.1. The lowest BCUT2D eigenvalue weighted by Gasteiger charge is -2.12. The molecule has 1 N–H and O–H groups in total. The highest BCUT2D eigenvalue weighted by Gasteiger charge is 2.00. The summed E-state index contributed by atoms with van der Waals surface area (Å²) in [6.45, 7) is 5.46. The van der Waals surface area contributed by atoms with E-state index in [1.54, 1.807) is 0 Å². The average molecular weight is 202 g/mol. The number of anilines is 1. The van der Waals surface area contributed by atoms with Crippen LogP contribution >= 0.6 is 0 Å². The zero-order valence-electron chi connectivity index (χ0n) is 9.46. The number of rotatable bonds is 5. The third-order valence-corrected chi connectivity index (χ3v) is 2.45. The van der Waals surface area contributed by atoms with Crippen LogP contribution in [0.2, 0.25) is 0 Å². The Hall–Kier alpha value is -1.49. The molecular formula is C13H18N2. The largest absolute Gasteiger partial charge is 0.385 e. The normalized spacial score (nSPS) is 11.8. The second kappa shape index (κ2) is 6.08. The van der Waals surface area contributed by atoms with Gasteiger partial charge in [0.15, 0.2) is 0 Å². The molecule has 0 aliphatic carbocycles. The van der Waals surface area contributed by atoms with Crippen molar-refractivity contribution in [1.82, 2.24) is 0 Å². The fourth-order valence-corrected chi connectivity index (χ4v) is 1.55. The van der Waals surface area contributed by atoms with Crippen LogP contribution in [-0.4, -0.2) is 6.54 Å². The summed E-state index contributed by atoms with van der Waals surface area (Å²) in [6, 6.07) is 9.70. The van der Waals surface area contributed by atoms with Crippen molar-refractivity contribution < 1.29 is 0 Å². The van der Waals surface area contributed by atoms with Gasteiger partial charge in [0.2, 0.25) is 0 Å². The smallest absolute Gasteiger partial charge is 0.0991 e. The second-order valence-corrected chi connectivity index (χ2v) is 3.96. The third kappa shape index (κ3) is 4.03. The lowest BCUT2D eigenvalue weighted by Crippen LogP contribution is -2.10. The number of benzene rings is 1. The SMILES string of the molecule is CCCC(C)CNc1ccc(C#N)cc1. The van der Waals surface area contributed by atoms with Gasteiger partial charge in [-0.1, -0.05) is 20.3 Å². The van der Waals surface area contributed by atoms with Crippen LogP contribution in [0.1, 0.15) is 32.3 Å². The number of nitriles is 1. The van der Waals surface area contributed by atoms with Crippen molar-refractivity contribution in [3.8, 4) is 6.07 Å². The molecule has 1 unspecified atom stereocenters. The zero-order valence-corrected chi connectivity index (χ0v) is 9.46. The minimum Gasteiger partial charge on any atom is -0.385 e. The second-order valence-electron chi connectivity index (χ2n) is 3.96. The lowest BCUT2D eigenvalue weighted by molar-refractivity contribution is 0.551. The topological polar surface area (TPSA) is 35.8 Å². The van der Waals surface area contributed by atoms with Gasteiger partial charge in [0, 0.05) is 12.2 Å². The Kier molecular flexibility index (Phi) is 4.70. The first-order chi connectivity index (χ1) is 7.26. The van der Waals surface area contributed by atoms with Crippen molar-refractivity contribution in [2.45, 2.75) is 26.7 Å². The van der Waals surface area contributed by atoms with Crippen LogP contribution in [0.4, 0.5) is 5.69 Å². The van der Waals surface area contributed by atoms with Crippen molar-refractivity contribution in [1.29, 1.82) is 5.26 Å². The van der Waals surface area contributed by atoms with E-state index in [4.69, 9.17) is 5.26 Å². The van der Waals surface area contributed by atoms with Crippen LogP contribution in [0.15, 0.2) is 24.3 Å². The maximum Gasteiger partial charge on any atom is 0.0991 e. The van der Waals surface area contributed by atoms with Crippen molar-refractivity contribution in [2.24, 2.45) is 5.92 Å². The molecule has 0 aliphatic rings. The zero-order chi connectivity index (χ0) is 11.1. The maximum absolute atomic E-state index is 8.65. The first kappa shape index (κ1) is 11.6. The molecule has 2 heteroatoms. The van der Waals surface area contributed by atoms with Crippen LogP contribution in [0.3, 0.4) is 0 Å². The van der Waals surface area contributed by atoms with Crippen LogP contribution in [0.25, 0.3) is 0 Å². The van der Waals surface area contributed by atoms with Gasteiger partial charge in [-0.25, -0.2) is 0 Å². The maximum atomic E-state index is 8.65. The van der Waals surface area contributed by atoms with E-state index in [0.29, 0.717) is 11.5 Å². The van der Waals surface area contributed by atoms with Crippen LogP contribution in [0, 0.1) is 17.2 Å². The minimum absolute atomic E-state index is 0.700. The van der Waals surface area contributed by atoms with Gasteiger partial charge in [0.05, 0.1) is 11.6 Å². The summed E-state index contributed by atoms with van der Waals surface area (Å²) in [6.07, 6.45) is 2.49. The van der Waals surface area contributed by atoms with E-state index in [-0.39, 0.29) is 0 Å². The molecule has 0 aromatic heterocycles. The molecule has 80 valence electrons. The van der Waals surface area contributed by atoms with Crippen molar-refractivity contribution >= 4 is 5.69 Å². The molecule has 1 aromatic rings. The highest BCUT2D eigenvalue weighted by Crippen LogP contribution is 2.11. The van der Waals surface area contributed by atoms with Gasteiger partial charge < -0.3 is 5.32 Å². The fourth-order valence-electron chi connectivity index (χ4n) is 1.55. The van der Waals surface area contributed by atoms with Gasteiger partial charge >= 0.3 is 0 Å². The Morgan fingerprint density at radius 2 is 2.00 bits per heavy atom. The molecule has 0 heterocycles. The highest BCUT2D eigenvalue weighted by molar-refractivity contribution is 5.47. The minimum atomic E-state index is 0.700. The first-order valence-electron chi connectivity index (χ1n) is 5.50. The molecule has 0 saturated heterocycles. The van der Waals surface area contributed by atoms with Crippen LogP contribution in [0.5, 0.6) is 0 Å². The van der Waals surface area contributed by atoms with E-state index in [2.05, 4.69) is 25.2 Å². The first-order valence-corrected chi connectivity index (χ1v) is 5.50. The molecule has 15 heavy (non-hydrogen) atoms. The number of nitrogens with one attached hydrogen (secondary N) is 1. The van der Waals surface area contributed by atoms with Crippen molar-refractivity contribution in [2.75, 3.05) is 11.9 Å². The Labute approximate surface area is 91.9 Å². The molecular weight excluding hydrogens is 184 g/mol. The Morgan fingerprint density at radius 1 is 1.33 bits per heavy atom. The molecule has 1 rings (SSSR count). The molecule has 0 spiro atoms. The summed E-state index contributed by atoms with van der Waals surface area (Å²) >= 11 is 0. The number of hydrogen-bond acceptors (Lipinski definition) is 2. The Balaban J connectivity index is 2.41. The molecule has 0 amide bonds. The van der Waals surface area contributed by atoms with E-state index in [9.17, 15) is 0 Å². The van der Waals surface area contributed by atoms with E-state index < -0.39 is 0 Å². The molecule has 0 aliphatic heterocycles. The molecule has 1 aromatic carbocycles. The van der Waals surface area contributed by atoms with E-state index >= 15 is 0 Å². The average Bonchev–Trinajstić information content (AvgIpc) is 2.27. The molecule has 1 atom stereocenters. The third-order valence-electron chi connectivity index (χ3n) is 2.45.